The van der Waals surface area contributed by atoms with Crippen molar-refractivity contribution in [3.63, 3.8) is 0 Å². The number of hydrogen-bond acceptors (Lipinski definition) is 2. The fourth-order valence-electron chi connectivity index (χ4n) is 2.40. The number of rotatable bonds is 6. The van der Waals surface area contributed by atoms with Gasteiger partial charge in [-0.05, 0) is 24.3 Å². The lowest BCUT2D eigenvalue weighted by atomic mass is 10.1. The van der Waals surface area contributed by atoms with Gasteiger partial charge in [0.15, 0.2) is 13.1 Å². The first kappa shape index (κ1) is 20.4. The third-order valence-electron chi connectivity index (χ3n) is 3.58. The topological polar surface area (TPSA) is 62.6 Å². The molecule has 0 aliphatic carbocycles. The van der Waals surface area contributed by atoms with E-state index in [0.29, 0.717) is 4.90 Å². The number of carbonyl (C=O) groups is 2. The van der Waals surface area contributed by atoms with E-state index in [1.165, 1.54) is 37.4 Å². The van der Waals surface area contributed by atoms with Crippen LogP contribution in [0.5, 0.6) is 0 Å². The second kappa shape index (κ2) is 8.63. The quantitative estimate of drug-likeness (QED) is 0.667. The van der Waals surface area contributed by atoms with E-state index in [1.54, 1.807) is 6.07 Å². The second-order valence-electron chi connectivity index (χ2n) is 5.93. The molecule has 0 aromatic heterocycles. The van der Waals surface area contributed by atoms with E-state index >= 15 is 0 Å². The molecule has 2 rings (SSSR count). The van der Waals surface area contributed by atoms with Crippen LogP contribution in [0.25, 0.3) is 0 Å². The Bertz CT molecular complexity index is 824. The first-order valence-electron chi connectivity index (χ1n) is 7.98. The van der Waals surface area contributed by atoms with Crippen LogP contribution in [0.2, 0.25) is 0 Å². The number of alkyl halides is 3. The lowest BCUT2D eigenvalue weighted by Gasteiger charge is -2.16. The molecule has 144 valence electrons. The number of quaternary nitrogens is 1. The van der Waals surface area contributed by atoms with Gasteiger partial charge in [-0.1, -0.05) is 24.3 Å². The van der Waals surface area contributed by atoms with E-state index < -0.39 is 29.4 Å². The van der Waals surface area contributed by atoms with E-state index in [2.05, 4.69) is 10.6 Å². The Morgan fingerprint density at radius 3 is 1.93 bits per heavy atom. The van der Waals surface area contributed by atoms with Crippen LogP contribution in [0.4, 0.5) is 28.9 Å². The van der Waals surface area contributed by atoms with Crippen molar-refractivity contribution in [3.05, 3.63) is 59.9 Å². The lowest BCUT2D eigenvalue weighted by molar-refractivity contribution is -0.862. The molecule has 0 saturated heterocycles. The molecule has 2 amide bonds. The molecule has 1 atom stereocenters. The van der Waals surface area contributed by atoms with Crippen LogP contribution in [-0.2, 0) is 15.8 Å². The smallest absolute Gasteiger partial charge is 0.322 e. The molecule has 2 aromatic rings. The fraction of sp³-hybridized carbons (Fsp3) is 0.222. The SMILES string of the molecule is C[NH+](CC(=O)Nc1ccccc1F)CC(=O)Nc1ccccc1C(F)(F)F. The molecule has 0 aliphatic heterocycles. The summed E-state index contributed by atoms with van der Waals surface area (Å²) in [5.41, 5.74) is -1.29. The van der Waals surface area contributed by atoms with Crippen molar-refractivity contribution >= 4 is 23.2 Å². The van der Waals surface area contributed by atoms with Crippen LogP contribution < -0.4 is 15.5 Å². The molecule has 0 fully saturated rings. The zero-order valence-corrected chi connectivity index (χ0v) is 14.4. The Hall–Kier alpha value is -2.94. The zero-order chi connectivity index (χ0) is 20.0. The number of amides is 2. The summed E-state index contributed by atoms with van der Waals surface area (Å²) >= 11 is 0. The van der Waals surface area contributed by atoms with Gasteiger partial charge in [0.05, 0.1) is 24.0 Å². The standard InChI is InChI=1S/C18H17F4N3O2/c1-25(11-17(27)24-15-9-5-3-7-13(15)19)10-16(26)23-14-8-4-2-6-12(14)18(20,21)22/h2-9H,10-11H2,1H3,(H,23,26)(H,24,27)/p+1. The Balaban J connectivity index is 1.91. The van der Waals surface area contributed by atoms with Crippen molar-refractivity contribution < 1.29 is 32.1 Å². The van der Waals surface area contributed by atoms with Crippen LogP contribution in [0, 0.1) is 5.82 Å². The molecular weight excluding hydrogens is 366 g/mol. The Kier molecular flexibility index (Phi) is 6.51. The highest BCUT2D eigenvalue weighted by atomic mass is 19.4. The van der Waals surface area contributed by atoms with Gasteiger partial charge in [0, 0.05) is 0 Å². The predicted molar refractivity (Wildman–Crippen MR) is 91.7 cm³/mol. The first-order valence-corrected chi connectivity index (χ1v) is 7.98. The van der Waals surface area contributed by atoms with Crippen molar-refractivity contribution in [2.24, 2.45) is 0 Å². The minimum atomic E-state index is -4.59. The van der Waals surface area contributed by atoms with Crippen molar-refractivity contribution in [1.82, 2.24) is 0 Å². The number of halogens is 4. The molecule has 0 aliphatic rings. The fourth-order valence-corrected chi connectivity index (χ4v) is 2.40. The van der Waals surface area contributed by atoms with Gasteiger partial charge in [0.2, 0.25) is 0 Å². The molecule has 5 nitrogen and oxygen atoms in total. The number of carbonyl (C=O) groups excluding carboxylic acids is 2. The van der Waals surface area contributed by atoms with Gasteiger partial charge < -0.3 is 15.5 Å². The van der Waals surface area contributed by atoms with E-state index in [1.807, 2.05) is 0 Å². The van der Waals surface area contributed by atoms with Gasteiger partial charge >= 0.3 is 6.18 Å². The summed E-state index contributed by atoms with van der Waals surface area (Å²) in [7, 11) is 1.52. The molecule has 9 heteroatoms. The number of anilines is 2. The molecule has 0 spiro atoms. The summed E-state index contributed by atoms with van der Waals surface area (Å²) in [6.45, 7) is -0.403. The van der Waals surface area contributed by atoms with Crippen LogP contribution in [-0.4, -0.2) is 32.0 Å². The highest BCUT2D eigenvalue weighted by molar-refractivity contribution is 5.93. The average Bonchev–Trinajstić information content (AvgIpc) is 2.56. The van der Waals surface area contributed by atoms with Crippen LogP contribution in [0.15, 0.2) is 48.5 Å². The third-order valence-corrected chi connectivity index (χ3v) is 3.58. The first-order chi connectivity index (χ1) is 12.7. The number of para-hydroxylation sites is 2. The Morgan fingerprint density at radius 2 is 1.37 bits per heavy atom. The number of benzene rings is 2. The summed E-state index contributed by atoms with van der Waals surface area (Å²) in [5.74, 6) is -1.80. The number of hydrogen-bond donors (Lipinski definition) is 3. The van der Waals surface area contributed by atoms with Crippen molar-refractivity contribution in [3.8, 4) is 0 Å². The van der Waals surface area contributed by atoms with E-state index in [9.17, 15) is 27.2 Å². The van der Waals surface area contributed by atoms with Gasteiger partial charge in [0.25, 0.3) is 11.8 Å². The maximum absolute atomic E-state index is 13.5. The van der Waals surface area contributed by atoms with E-state index in [4.69, 9.17) is 0 Å². The second-order valence-corrected chi connectivity index (χ2v) is 5.93. The van der Waals surface area contributed by atoms with Crippen molar-refractivity contribution in [2.45, 2.75) is 6.18 Å². The molecular formula is C18H18F4N3O2+. The number of likely N-dealkylation sites (N-methyl/N-ethyl adjacent to an activating group) is 1. The van der Waals surface area contributed by atoms with Gasteiger partial charge in [-0.2, -0.15) is 13.2 Å². The normalized spacial score (nSPS) is 12.3. The molecule has 3 N–H and O–H groups in total. The molecule has 0 bridgehead atoms. The average molecular weight is 384 g/mol. The van der Waals surface area contributed by atoms with Gasteiger partial charge in [-0.3, -0.25) is 9.59 Å². The minimum Gasteiger partial charge on any atom is -0.322 e. The minimum absolute atomic E-state index is 0.0128. The summed E-state index contributed by atoms with van der Waals surface area (Å²) in [6.07, 6.45) is -4.59. The molecule has 2 aromatic carbocycles. The van der Waals surface area contributed by atoms with Crippen molar-refractivity contribution in [1.29, 1.82) is 0 Å². The largest absolute Gasteiger partial charge is 0.418 e. The molecule has 27 heavy (non-hydrogen) atoms. The third kappa shape index (κ3) is 6.07. The highest BCUT2D eigenvalue weighted by Crippen LogP contribution is 2.34. The van der Waals surface area contributed by atoms with Crippen LogP contribution in [0.1, 0.15) is 5.56 Å². The van der Waals surface area contributed by atoms with Gasteiger partial charge in [-0.25, -0.2) is 4.39 Å². The van der Waals surface area contributed by atoms with E-state index in [0.717, 1.165) is 12.1 Å². The molecule has 1 unspecified atom stereocenters. The summed E-state index contributed by atoms with van der Waals surface area (Å²) in [6, 6.07) is 10.2. The number of nitrogens with one attached hydrogen (secondary N) is 3. The summed E-state index contributed by atoms with van der Waals surface area (Å²) < 4.78 is 52.3. The van der Waals surface area contributed by atoms with E-state index in [-0.39, 0.29) is 24.5 Å². The highest BCUT2D eigenvalue weighted by Gasteiger charge is 2.33. The van der Waals surface area contributed by atoms with Crippen molar-refractivity contribution in [2.75, 3.05) is 30.8 Å². The lowest BCUT2D eigenvalue weighted by Crippen LogP contribution is -3.11. The van der Waals surface area contributed by atoms with Crippen LogP contribution in [0.3, 0.4) is 0 Å². The van der Waals surface area contributed by atoms with Gasteiger partial charge in [-0.15, -0.1) is 0 Å². The maximum Gasteiger partial charge on any atom is 0.418 e. The Morgan fingerprint density at radius 1 is 0.889 bits per heavy atom. The van der Waals surface area contributed by atoms with Crippen LogP contribution >= 0.6 is 0 Å². The molecule has 0 saturated carbocycles. The van der Waals surface area contributed by atoms with Gasteiger partial charge in [0.1, 0.15) is 5.82 Å². The molecule has 0 heterocycles. The maximum atomic E-state index is 13.5. The monoisotopic (exact) mass is 384 g/mol. The predicted octanol–water partition coefficient (Wildman–Crippen LogP) is 1.94. The summed E-state index contributed by atoms with van der Waals surface area (Å²) in [5, 5.41) is 4.59. The summed E-state index contributed by atoms with van der Waals surface area (Å²) in [4.78, 5) is 24.3. The molecule has 0 radical (unpaired) electrons. The Labute approximate surface area is 153 Å². The zero-order valence-electron chi connectivity index (χ0n) is 14.4.